The van der Waals surface area contributed by atoms with Gasteiger partial charge in [0, 0.05) is 34.0 Å². The van der Waals surface area contributed by atoms with Crippen LogP contribution in [-0.2, 0) is 0 Å². The summed E-state index contributed by atoms with van der Waals surface area (Å²) in [4.78, 5) is 10.4. The van der Waals surface area contributed by atoms with Gasteiger partial charge in [-0.25, -0.2) is 0 Å². The Kier molecular flexibility index (Phi) is 5.59. The number of hydrogen-bond acceptors (Lipinski definition) is 4. The molecule has 1 atom stereocenters. The lowest BCUT2D eigenvalue weighted by molar-refractivity contribution is -0.384. The quantitative estimate of drug-likeness (QED) is 0.459. The molecule has 110 valence electrons. The molecular weight excluding hydrogens is 369 g/mol. The summed E-state index contributed by atoms with van der Waals surface area (Å²) in [5.41, 5.74) is 6.98. The van der Waals surface area contributed by atoms with Gasteiger partial charge in [0.1, 0.15) is 0 Å². The molecule has 0 radical (unpaired) electrons. The first-order valence-corrected chi connectivity index (χ1v) is 8.10. The van der Waals surface area contributed by atoms with Gasteiger partial charge in [0.15, 0.2) is 0 Å². The molecule has 0 amide bonds. The summed E-state index contributed by atoms with van der Waals surface area (Å²) in [5.74, 6) is 0.611. The topological polar surface area (TPSA) is 81.2 Å². The average molecular weight is 389 g/mol. The number of nitrogens with one attached hydrogen (secondary N) is 1. The molecule has 0 saturated heterocycles. The monoisotopic (exact) mass is 389 g/mol. The Morgan fingerprint density at radius 2 is 2.10 bits per heavy atom. The van der Waals surface area contributed by atoms with Crippen molar-refractivity contribution in [1.82, 2.24) is 0 Å². The summed E-state index contributed by atoms with van der Waals surface area (Å²) in [5, 5.41) is 14.2. The molecule has 0 bridgehead atoms. The molecular formula is C14H20IN3O2. The third kappa shape index (κ3) is 3.82. The zero-order valence-electron chi connectivity index (χ0n) is 11.3. The lowest BCUT2D eigenvalue weighted by atomic mass is 9.84. The van der Waals surface area contributed by atoms with Gasteiger partial charge < -0.3 is 11.1 Å². The molecule has 1 aliphatic rings. The third-order valence-corrected chi connectivity index (χ3v) is 4.87. The van der Waals surface area contributed by atoms with E-state index < -0.39 is 0 Å². The van der Waals surface area contributed by atoms with E-state index in [4.69, 9.17) is 5.73 Å². The Balaban J connectivity index is 2.08. The number of nitro benzene ring substituents is 1. The van der Waals surface area contributed by atoms with E-state index in [1.54, 1.807) is 18.2 Å². The summed E-state index contributed by atoms with van der Waals surface area (Å²) >= 11 is 2.13. The second kappa shape index (κ2) is 7.21. The van der Waals surface area contributed by atoms with E-state index in [1.165, 1.54) is 32.1 Å². The Morgan fingerprint density at radius 1 is 1.40 bits per heavy atom. The summed E-state index contributed by atoms with van der Waals surface area (Å²) in [6.45, 7) is 0.595. The Bertz CT molecular complexity index is 475. The first-order chi connectivity index (χ1) is 9.61. The lowest BCUT2D eigenvalue weighted by Crippen LogP contribution is -2.37. The molecule has 1 aromatic rings. The van der Waals surface area contributed by atoms with Crippen LogP contribution in [0.2, 0.25) is 0 Å². The Labute approximate surface area is 132 Å². The van der Waals surface area contributed by atoms with Crippen LogP contribution in [0.25, 0.3) is 0 Å². The van der Waals surface area contributed by atoms with Crippen LogP contribution >= 0.6 is 22.6 Å². The number of non-ortho nitro benzene ring substituents is 1. The number of hydrogen-bond donors (Lipinski definition) is 2. The third-order valence-electron chi connectivity index (χ3n) is 3.98. The summed E-state index contributed by atoms with van der Waals surface area (Å²) in [7, 11) is 0. The lowest BCUT2D eigenvalue weighted by Gasteiger charge is -2.31. The maximum absolute atomic E-state index is 10.8. The number of nitrogens with zero attached hydrogens (tertiary/aromatic N) is 1. The number of nitrogens with two attached hydrogens (primary N) is 1. The standard InChI is InChI=1S/C14H20IN3O2/c15-12-8-11(18(19)20)6-7-13(12)17-14(9-16)10-4-2-1-3-5-10/h6-8,10,14,17H,1-5,9,16H2. The molecule has 1 aliphatic carbocycles. The van der Waals surface area contributed by atoms with Crippen molar-refractivity contribution in [3.63, 3.8) is 0 Å². The molecule has 0 spiro atoms. The van der Waals surface area contributed by atoms with Crippen molar-refractivity contribution in [2.45, 2.75) is 38.1 Å². The van der Waals surface area contributed by atoms with Crippen LogP contribution in [0.4, 0.5) is 11.4 Å². The second-order valence-electron chi connectivity index (χ2n) is 5.31. The highest BCUT2D eigenvalue weighted by atomic mass is 127. The van der Waals surface area contributed by atoms with E-state index in [2.05, 4.69) is 27.9 Å². The van der Waals surface area contributed by atoms with Crippen LogP contribution in [0.15, 0.2) is 18.2 Å². The maximum atomic E-state index is 10.8. The average Bonchev–Trinajstić information content (AvgIpc) is 2.46. The zero-order valence-corrected chi connectivity index (χ0v) is 13.5. The highest BCUT2D eigenvalue weighted by molar-refractivity contribution is 14.1. The molecule has 1 fully saturated rings. The fourth-order valence-electron chi connectivity index (χ4n) is 2.84. The molecule has 2 rings (SSSR count). The van der Waals surface area contributed by atoms with Gasteiger partial charge in [-0.2, -0.15) is 0 Å². The first kappa shape index (κ1) is 15.5. The first-order valence-electron chi connectivity index (χ1n) is 7.02. The predicted octanol–water partition coefficient (Wildman–Crippen LogP) is 3.52. The molecule has 5 nitrogen and oxygen atoms in total. The van der Waals surface area contributed by atoms with E-state index in [1.807, 2.05) is 0 Å². The Morgan fingerprint density at radius 3 is 2.65 bits per heavy atom. The van der Waals surface area contributed by atoms with Crippen molar-refractivity contribution < 1.29 is 4.92 Å². The van der Waals surface area contributed by atoms with Gasteiger partial charge in [-0.05, 0) is 47.4 Å². The van der Waals surface area contributed by atoms with E-state index in [0.717, 1.165) is 9.26 Å². The van der Waals surface area contributed by atoms with Crippen LogP contribution in [0.1, 0.15) is 32.1 Å². The number of benzene rings is 1. The molecule has 1 aromatic carbocycles. The van der Waals surface area contributed by atoms with Gasteiger partial charge in [-0.15, -0.1) is 0 Å². The number of halogens is 1. The fourth-order valence-corrected chi connectivity index (χ4v) is 3.49. The summed E-state index contributed by atoms with van der Waals surface area (Å²) in [6.07, 6.45) is 6.32. The van der Waals surface area contributed by atoms with E-state index in [-0.39, 0.29) is 16.7 Å². The van der Waals surface area contributed by atoms with Crippen molar-refractivity contribution >= 4 is 34.0 Å². The van der Waals surface area contributed by atoms with Gasteiger partial charge in [-0.1, -0.05) is 19.3 Å². The van der Waals surface area contributed by atoms with Crippen molar-refractivity contribution in [3.05, 3.63) is 31.9 Å². The fraction of sp³-hybridized carbons (Fsp3) is 0.571. The SMILES string of the molecule is NCC(Nc1ccc([N+](=O)[O-])cc1I)C1CCCCC1. The number of nitro groups is 1. The van der Waals surface area contributed by atoms with Gasteiger partial charge in [0.05, 0.1) is 4.92 Å². The van der Waals surface area contributed by atoms with Crippen molar-refractivity contribution in [3.8, 4) is 0 Å². The largest absolute Gasteiger partial charge is 0.380 e. The van der Waals surface area contributed by atoms with E-state index in [0.29, 0.717) is 12.5 Å². The van der Waals surface area contributed by atoms with Crippen LogP contribution in [0.5, 0.6) is 0 Å². The minimum Gasteiger partial charge on any atom is -0.380 e. The van der Waals surface area contributed by atoms with Crippen LogP contribution in [0.3, 0.4) is 0 Å². The molecule has 1 saturated carbocycles. The predicted molar refractivity (Wildman–Crippen MR) is 88.9 cm³/mol. The number of rotatable bonds is 5. The highest BCUT2D eigenvalue weighted by Gasteiger charge is 2.23. The highest BCUT2D eigenvalue weighted by Crippen LogP contribution is 2.30. The van der Waals surface area contributed by atoms with Gasteiger partial charge in [0.2, 0.25) is 0 Å². The smallest absolute Gasteiger partial charge is 0.270 e. The number of anilines is 1. The maximum Gasteiger partial charge on any atom is 0.270 e. The molecule has 0 heterocycles. The minimum absolute atomic E-state index is 0.127. The second-order valence-corrected chi connectivity index (χ2v) is 6.47. The Hall–Kier alpha value is -0.890. The molecule has 0 aliphatic heterocycles. The molecule has 20 heavy (non-hydrogen) atoms. The molecule has 3 N–H and O–H groups in total. The summed E-state index contributed by atoms with van der Waals surface area (Å²) < 4.78 is 0.867. The molecule has 6 heteroatoms. The van der Waals surface area contributed by atoms with Crippen LogP contribution in [0, 0.1) is 19.6 Å². The van der Waals surface area contributed by atoms with Gasteiger partial charge >= 0.3 is 0 Å². The van der Waals surface area contributed by atoms with Crippen LogP contribution < -0.4 is 11.1 Å². The molecule has 1 unspecified atom stereocenters. The van der Waals surface area contributed by atoms with E-state index >= 15 is 0 Å². The normalized spacial score (nSPS) is 17.7. The van der Waals surface area contributed by atoms with E-state index in [9.17, 15) is 10.1 Å². The molecule has 0 aromatic heterocycles. The zero-order chi connectivity index (χ0) is 14.5. The van der Waals surface area contributed by atoms with Crippen molar-refractivity contribution in [2.24, 2.45) is 11.7 Å². The van der Waals surface area contributed by atoms with Crippen molar-refractivity contribution in [1.29, 1.82) is 0 Å². The van der Waals surface area contributed by atoms with Crippen molar-refractivity contribution in [2.75, 3.05) is 11.9 Å². The van der Waals surface area contributed by atoms with Crippen LogP contribution in [-0.4, -0.2) is 17.5 Å². The summed E-state index contributed by atoms with van der Waals surface area (Å²) in [6, 6.07) is 5.17. The van der Waals surface area contributed by atoms with Gasteiger partial charge in [-0.3, -0.25) is 10.1 Å². The van der Waals surface area contributed by atoms with Gasteiger partial charge in [0.25, 0.3) is 5.69 Å². The minimum atomic E-state index is -0.368.